The maximum absolute atomic E-state index is 10.6. The summed E-state index contributed by atoms with van der Waals surface area (Å²) in [5.41, 5.74) is 0.550. The Hall–Kier alpha value is -0.160. The number of hydrogen-bond acceptors (Lipinski definition) is 4. The van der Waals surface area contributed by atoms with Gasteiger partial charge in [-0.15, -0.1) is 0 Å². The summed E-state index contributed by atoms with van der Waals surface area (Å²) in [6.07, 6.45) is 9.51. The molecular formula is C27H44O4. The minimum atomic E-state index is -0.537. The fourth-order valence-corrected chi connectivity index (χ4v) is 10.3. The van der Waals surface area contributed by atoms with Crippen molar-refractivity contribution in [3.63, 3.8) is 0 Å². The third-order valence-electron chi connectivity index (χ3n) is 12.0. The van der Waals surface area contributed by atoms with Gasteiger partial charge in [0.05, 0.1) is 24.9 Å². The monoisotopic (exact) mass is 432 g/mol. The topological polar surface area (TPSA) is 58.9 Å². The first-order chi connectivity index (χ1) is 14.7. The van der Waals surface area contributed by atoms with Gasteiger partial charge in [-0.2, -0.15) is 0 Å². The number of fused-ring (bicyclic) bond motifs is 7. The standard InChI is InChI=1S/C27H44O4/c1-15-7-10-27(30-14-15)16(2)24-23(31-27)12-20-18-6-5-17-11-21(28)22(29)13-26(17,4)19(18)8-9-25(20,24)3/h15-24,28-29H,5-14H2,1-4H3/t15-,16-,17+,18+,19-,20-,21-,22+,23-,24-,25+,26+,27+/m1/s1. The van der Waals surface area contributed by atoms with Gasteiger partial charge in [0.25, 0.3) is 0 Å². The van der Waals surface area contributed by atoms with E-state index in [1.807, 2.05) is 0 Å². The molecule has 4 saturated carbocycles. The highest BCUT2D eigenvalue weighted by molar-refractivity contribution is 5.15. The highest BCUT2D eigenvalue weighted by Crippen LogP contribution is 2.71. The van der Waals surface area contributed by atoms with Crippen LogP contribution in [0.4, 0.5) is 0 Å². The summed E-state index contributed by atoms with van der Waals surface area (Å²) in [7, 11) is 0. The Kier molecular flexibility index (Phi) is 4.78. The number of rotatable bonds is 0. The molecule has 4 heteroatoms. The second kappa shape index (κ2) is 6.93. The van der Waals surface area contributed by atoms with Crippen LogP contribution in [0.5, 0.6) is 0 Å². The summed E-state index contributed by atoms with van der Waals surface area (Å²) in [6.45, 7) is 10.6. The highest BCUT2D eigenvalue weighted by atomic mass is 16.7. The lowest BCUT2D eigenvalue weighted by Gasteiger charge is -2.61. The molecule has 0 aromatic carbocycles. The predicted molar refractivity (Wildman–Crippen MR) is 119 cm³/mol. The van der Waals surface area contributed by atoms with Crippen LogP contribution in [-0.4, -0.2) is 40.9 Å². The number of ether oxygens (including phenoxy) is 2. The Bertz CT molecular complexity index is 716. The molecule has 0 radical (unpaired) electrons. The van der Waals surface area contributed by atoms with Crippen LogP contribution in [0.1, 0.15) is 85.5 Å². The first-order valence-electron chi connectivity index (χ1n) is 13.4. The van der Waals surface area contributed by atoms with Crippen molar-refractivity contribution in [2.45, 2.75) is 110 Å². The summed E-state index contributed by atoms with van der Waals surface area (Å²) in [5, 5.41) is 20.9. The Morgan fingerprint density at radius 2 is 1.65 bits per heavy atom. The Balaban J connectivity index is 1.26. The molecule has 0 bridgehead atoms. The van der Waals surface area contributed by atoms with Crippen molar-refractivity contribution >= 4 is 0 Å². The van der Waals surface area contributed by atoms with Crippen molar-refractivity contribution in [2.24, 2.45) is 52.3 Å². The molecule has 0 unspecified atom stereocenters. The van der Waals surface area contributed by atoms with Crippen molar-refractivity contribution in [3.05, 3.63) is 0 Å². The van der Waals surface area contributed by atoms with E-state index in [9.17, 15) is 10.2 Å². The lowest BCUT2D eigenvalue weighted by atomic mass is 9.44. The fourth-order valence-electron chi connectivity index (χ4n) is 10.3. The molecule has 6 rings (SSSR count). The van der Waals surface area contributed by atoms with E-state index in [1.165, 1.54) is 38.5 Å². The van der Waals surface area contributed by atoms with Crippen LogP contribution in [0.15, 0.2) is 0 Å². The van der Waals surface area contributed by atoms with Crippen molar-refractivity contribution in [1.82, 2.24) is 0 Å². The average Bonchev–Trinajstić information content (AvgIpc) is 3.16. The molecule has 4 nitrogen and oxygen atoms in total. The Morgan fingerprint density at radius 1 is 0.839 bits per heavy atom. The maximum Gasteiger partial charge on any atom is 0.171 e. The van der Waals surface area contributed by atoms with Gasteiger partial charge in [-0.1, -0.05) is 27.7 Å². The second-order valence-corrected chi connectivity index (χ2v) is 13.2. The zero-order chi connectivity index (χ0) is 21.8. The van der Waals surface area contributed by atoms with Crippen molar-refractivity contribution in [2.75, 3.05) is 6.61 Å². The van der Waals surface area contributed by atoms with Gasteiger partial charge in [-0.05, 0) is 97.7 Å². The van der Waals surface area contributed by atoms with Crippen LogP contribution in [0, 0.1) is 52.3 Å². The van der Waals surface area contributed by atoms with E-state index in [0.29, 0.717) is 41.1 Å². The number of aliphatic hydroxyl groups excluding tert-OH is 2. The van der Waals surface area contributed by atoms with E-state index in [-0.39, 0.29) is 11.2 Å². The quantitative estimate of drug-likeness (QED) is 0.579. The minimum Gasteiger partial charge on any atom is -0.390 e. The van der Waals surface area contributed by atoms with Gasteiger partial charge in [-0.25, -0.2) is 0 Å². The summed E-state index contributed by atoms with van der Waals surface area (Å²) < 4.78 is 13.3. The minimum absolute atomic E-state index is 0.191. The van der Waals surface area contributed by atoms with Crippen LogP contribution in [0.2, 0.25) is 0 Å². The molecular weight excluding hydrogens is 388 g/mol. The third-order valence-corrected chi connectivity index (χ3v) is 12.0. The van der Waals surface area contributed by atoms with Gasteiger partial charge < -0.3 is 19.7 Å². The van der Waals surface area contributed by atoms with Gasteiger partial charge in [0.15, 0.2) is 5.79 Å². The van der Waals surface area contributed by atoms with Crippen molar-refractivity contribution < 1.29 is 19.7 Å². The molecule has 0 aromatic heterocycles. The van der Waals surface area contributed by atoms with Crippen molar-refractivity contribution in [3.8, 4) is 0 Å². The molecule has 1 spiro atoms. The van der Waals surface area contributed by atoms with E-state index < -0.39 is 12.2 Å². The smallest absolute Gasteiger partial charge is 0.171 e. The van der Waals surface area contributed by atoms with E-state index in [2.05, 4.69) is 27.7 Å². The molecule has 6 fully saturated rings. The van der Waals surface area contributed by atoms with Gasteiger partial charge in [0.1, 0.15) is 0 Å². The van der Waals surface area contributed by atoms with E-state index >= 15 is 0 Å². The van der Waals surface area contributed by atoms with Crippen LogP contribution < -0.4 is 0 Å². The molecule has 2 heterocycles. The second-order valence-electron chi connectivity index (χ2n) is 13.2. The van der Waals surface area contributed by atoms with Crippen LogP contribution in [0.3, 0.4) is 0 Å². The van der Waals surface area contributed by atoms with E-state index in [1.54, 1.807) is 0 Å². The van der Waals surface area contributed by atoms with Crippen LogP contribution in [-0.2, 0) is 9.47 Å². The Morgan fingerprint density at radius 3 is 2.39 bits per heavy atom. The lowest BCUT2D eigenvalue weighted by molar-refractivity contribution is -0.273. The van der Waals surface area contributed by atoms with Gasteiger partial charge in [0.2, 0.25) is 0 Å². The molecule has 6 aliphatic rings. The largest absolute Gasteiger partial charge is 0.390 e. The molecule has 2 N–H and O–H groups in total. The van der Waals surface area contributed by atoms with Gasteiger partial charge in [-0.3, -0.25) is 0 Å². The summed E-state index contributed by atoms with van der Waals surface area (Å²) in [5.74, 6) is 4.21. The van der Waals surface area contributed by atoms with Crippen LogP contribution >= 0.6 is 0 Å². The average molecular weight is 433 g/mol. The molecule has 4 aliphatic carbocycles. The van der Waals surface area contributed by atoms with E-state index in [0.717, 1.165) is 37.7 Å². The fraction of sp³-hybridized carbons (Fsp3) is 1.00. The number of hydrogen-bond donors (Lipinski definition) is 2. The lowest BCUT2D eigenvalue weighted by Crippen LogP contribution is -2.57. The summed E-state index contributed by atoms with van der Waals surface area (Å²) in [6, 6.07) is 0. The molecule has 31 heavy (non-hydrogen) atoms. The third kappa shape index (κ3) is 2.80. The molecule has 176 valence electrons. The van der Waals surface area contributed by atoms with Crippen LogP contribution in [0.25, 0.3) is 0 Å². The first kappa shape index (κ1) is 21.4. The van der Waals surface area contributed by atoms with E-state index in [4.69, 9.17) is 9.47 Å². The van der Waals surface area contributed by atoms with Gasteiger partial charge in [0, 0.05) is 12.3 Å². The van der Waals surface area contributed by atoms with Crippen molar-refractivity contribution in [1.29, 1.82) is 0 Å². The first-order valence-corrected chi connectivity index (χ1v) is 13.4. The molecule has 2 saturated heterocycles. The summed E-state index contributed by atoms with van der Waals surface area (Å²) in [4.78, 5) is 0. The normalized spacial score (nSPS) is 63.3. The maximum atomic E-state index is 10.6. The summed E-state index contributed by atoms with van der Waals surface area (Å²) >= 11 is 0. The van der Waals surface area contributed by atoms with Gasteiger partial charge >= 0.3 is 0 Å². The molecule has 0 amide bonds. The molecule has 2 aliphatic heterocycles. The predicted octanol–water partition coefficient (Wildman–Crippen LogP) is 4.76. The SMILES string of the molecule is C[C@@H]1CC[C@]2(OC1)O[C@@H]1C[C@@H]3[C@H]4CC[C@H]5C[C@@H](O)[C@@H](O)C[C@]5(C)[C@@H]4CC[C@]3(C)[C@@H]1[C@H]2C. The zero-order valence-corrected chi connectivity index (χ0v) is 20.1. The Labute approximate surface area is 188 Å². The molecule has 13 atom stereocenters. The molecule has 0 aromatic rings. The zero-order valence-electron chi connectivity index (χ0n) is 20.1. The number of aliphatic hydroxyl groups is 2. The highest BCUT2D eigenvalue weighted by Gasteiger charge is 2.69.